The molecule has 0 bridgehead atoms. The Hall–Kier alpha value is -0.300. The molecule has 11 heavy (non-hydrogen) atoms. The van der Waals surface area contributed by atoms with Gasteiger partial charge in [-0.3, -0.25) is 0 Å². The molecule has 0 aromatic rings. The van der Waals surface area contributed by atoms with Gasteiger partial charge in [-0.1, -0.05) is 26.0 Å². The van der Waals surface area contributed by atoms with E-state index in [0.29, 0.717) is 5.92 Å². The highest BCUT2D eigenvalue weighted by atomic mass is 16.3. The molecular weight excluding hydrogens is 136 g/mol. The van der Waals surface area contributed by atoms with Crippen LogP contribution in [0.4, 0.5) is 0 Å². The molecule has 1 N–H and O–H groups in total. The van der Waals surface area contributed by atoms with Crippen molar-refractivity contribution >= 4 is 0 Å². The maximum Gasteiger partial charge on any atom is 0.0545 e. The Bertz CT molecular complexity index is 105. The lowest BCUT2D eigenvalue weighted by atomic mass is 10.0. The van der Waals surface area contributed by atoms with Crippen molar-refractivity contribution in [1.82, 2.24) is 0 Å². The lowest BCUT2D eigenvalue weighted by molar-refractivity contribution is 0.140. The number of hydrogen-bond donors (Lipinski definition) is 1. The number of aliphatic hydroxyl groups is 1. The molecule has 0 aliphatic heterocycles. The summed E-state index contributed by atoms with van der Waals surface area (Å²) in [6, 6.07) is 0. The summed E-state index contributed by atoms with van der Waals surface area (Å²) in [6.07, 6.45) is 6.86. The van der Waals surface area contributed by atoms with Gasteiger partial charge in [0, 0.05) is 0 Å². The molecule has 0 fully saturated rings. The molecule has 0 amide bonds. The molecule has 0 aromatic heterocycles. The topological polar surface area (TPSA) is 20.2 Å². The molecule has 1 atom stereocenters. The van der Waals surface area contributed by atoms with Crippen LogP contribution in [-0.4, -0.2) is 11.2 Å². The van der Waals surface area contributed by atoms with Gasteiger partial charge in [-0.05, 0) is 32.1 Å². The van der Waals surface area contributed by atoms with Gasteiger partial charge in [0.25, 0.3) is 0 Å². The molecule has 0 saturated heterocycles. The fourth-order valence-corrected chi connectivity index (χ4v) is 1.12. The minimum Gasteiger partial charge on any atom is -0.393 e. The van der Waals surface area contributed by atoms with Gasteiger partial charge in [-0.2, -0.15) is 0 Å². The molecule has 1 heteroatoms. The molecule has 0 radical (unpaired) electrons. The van der Waals surface area contributed by atoms with Crippen molar-refractivity contribution in [2.45, 2.75) is 46.1 Å². The molecule has 0 saturated carbocycles. The minimum absolute atomic E-state index is 0.105. The maximum absolute atomic E-state index is 9.41. The summed E-state index contributed by atoms with van der Waals surface area (Å²) >= 11 is 0. The lowest BCUT2D eigenvalue weighted by Gasteiger charge is -2.10. The first-order chi connectivity index (χ1) is 5.16. The van der Waals surface area contributed by atoms with Gasteiger partial charge < -0.3 is 5.11 Å². The van der Waals surface area contributed by atoms with Crippen LogP contribution in [0.5, 0.6) is 0 Å². The van der Waals surface area contributed by atoms with E-state index in [9.17, 15) is 5.11 Å². The van der Waals surface area contributed by atoms with E-state index in [1.54, 1.807) is 0 Å². The van der Waals surface area contributed by atoms with Crippen molar-refractivity contribution in [2.75, 3.05) is 0 Å². The normalized spacial score (nSPS) is 14.6. The monoisotopic (exact) mass is 156 g/mol. The van der Waals surface area contributed by atoms with Crippen molar-refractivity contribution in [3.05, 3.63) is 12.2 Å². The van der Waals surface area contributed by atoms with Crippen molar-refractivity contribution in [3.63, 3.8) is 0 Å². The molecule has 0 heterocycles. The van der Waals surface area contributed by atoms with Crippen LogP contribution in [-0.2, 0) is 0 Å². The van der Waals surface area contributed by atoms with E-state index < -0.39 is 0 Å². The highest BCUT2D eigenvalue weighted by Gasteiger charge is 2.04. The Labute approximate surface area is 70.1 Å². The van der Waals surface area contributed by atoms with Crippen molar-refractivity contribution in [1.29, 1.82) is 0 Å². The summed E-state index contributed by atoms with van der Waals surface area (Å²) < 4.78 is 0. The van der Waals surface area contributed by atoms with Gasteiger partial charge in [-0.15, -0.1) is 0 Å². The Balaban J connectivity index is 3.29. The highest BCUT2D eigenvalue weighted by molar-refractivity contribution is 4.77. The number of aliphatic hydroxyl groups excluding tert-OH is 1. The lowest BCUT2D eigenvalue weighted by Crippen LogP contribution is -2.09. The Kier molecular flexibility index (Phi) is 6.24. The summed E-state index contributed by atoms with van der Waals surface area (Å²) in [5, 5.41) is 9.41. The summed E-state index contributed by atoms with van der Waals surface area (Å²) in [5.74, 6) is 0.607. The SMILES string of the molecule is C/C=C/CC[C@@H](O)CC(C)C. The maximum atomic E-state index is 9.41. The molecule has 1 nitrogen and oxygen atoms in total. The first-order valence-corrected chi connectivity index (χ1v) is 4.46. The highest BCUT2D eigenvalue weighted by Crippen LogP contribution is 2.09. The van der Waals surface area contributed by atoms with Crippen LogP contribution in [0, 0.1) is 5.92 Å². The largest absolute Gasteiger partial charge is 0.393 e. The van der Waals surface area contributed by atoms with E-state index in [0.717, 1.165) is 19.3 Å². The van der Waals surface area contributed by atoms with Crippen LogP contribution < -0.4 is 0 Å². The second kappa shape index (κ2) is 6.41. The van der Waals surface area contributed by atoms with Crippen LogP contribution in [0.3, 0.4) is 0 Å². The Morgan fingerprint density at radius 3 is 2.45 bits per heavy atom. The zero-order valence-corrected chi connectivity index (χ0v) is 7.88. The van der Waals surface area contributed by atoms with E-state index in [1.165, 1.54) is 0 Å². The molecule has 66 valence electrons. The van der Waals surface area contributed by atoms with Crippen LogP contribution in [0.1, 0.15) is 40.0 Å². The second-order valence-corrected chi connectivity index (χ2v) is 3.43. The number of allylic oxidation sites excluding steroid dienone is 2. The molecule has 0 aliphatic rings. The van der Waals surface area contributed by atoms with Gasteiger partial charge in [0.1, 0.15) is 0 Å². The van der Waals surface area contributed by atoms with Gasteiger partial charge in [0.15, 0.2) is 0 Å². The summed E-state index contributed by atoms with van der Waals surface area (Å²) in [7, 11) is 0. The average Bonchev–Trinajstić information content (AvgIpc) is 1.86. The molecular formula is C10H20O. The quantitative estimate of drug-likeness (QED) is 0.607. The third-order valence-corrected chi connectivity index (χ3v) is 1.65. The zero-order chi connectivity index (χ0) is 8.69. The zero-order valence-electron chi connectivity index (χ0n) is 7.88. The van der Waals surface area contributed by atoms with E-state index in [4.69, 9.17) is 0 Å². The predicted molar refractivity (Wildman–Crippen MR) is 49.5 cm³/mol. The molecule has 0 aliphatic carbocycles. The standard InChI is InChI=1S/C10H20O/c1-4-5-6-7-10(11)8-9(2)3/h4-5,9-11H,6-8H2,1-3H3/b5-4+/t10-/m1/s1. The Morgan fingerprint density at radius 2 is 2.00 bits per heavy atom. The van der Waals surface area contributed by atoms with Crippen LogP contribution in [0.15, 0.2) is 12.2 Å². The first kappa shape index (κ1) is 10.7. The predicted octanol–water partition coefficient (Wildman–Crippen LogP) is 2.75. The molecule has 0 rings (SSSR count). The molecule has 0 aromatic carbocycles. The molecule has 0 spiro atoms. The van der Waals surface area contributed by atoms with Crippen LogP contribution >= 0.6 is 0 Å². The van der Waals surface area contributed by atoms with E-state index in [2.05, 4.69) is 19.9 Å². The third kappa shape index (κ3) is 7.60. The van der Waals surface area contributed by atoms with E-state index in [1.807, 2.05) is 13.0 Å². The summed E-state index contributed by atoms with van der Waals surface area (Å²) in [4.78, 5) is 0. The van der Waals surface area contributed by atoms with Gasteiger partial charge >= 0.3 is 0 Å². The van der Waals surface area contributed by atoms with Crippen molar-refractivity contribution in [3.8, 4) is 0 Å². The van der Waals surface area contributed by atoms with Crippen molar-refractivity contribution < 1.29 is 5.11 Å². The molecule has 0 unspecified atom stereocenters. The number of hydrogen-bond acceptors (Lipinski definition) is 1. The third-order valence-electron chi connectivity index (χ3n) is 1.65. The first-order valence-electron chi connectivity index (χ1n) is 4.46. The Morgan fingerprint density at radius 1 is 1.36 bits per heavy atom. The minimum atomic E-state index is -0.105. The van der Waals surface area contributed by atoms with Crippen LogP contribution in [0.25, 0.3) is 0 Å². The van der Waals surface area contributed by atoms with E-state index in [-0.39, 0.29) is 6.10 Å². The smallest absolute Gasteiger partial charge is 0.0545 e. The van der Waals surface area contributed by atoms with Gasteiger partial charge in [0.2, 0.25) is 0 Å². The number of rotatable bonds is 5. The fourth-order valence-electron chi connectivity index (χ4n) is 1.12. The summed E-state index contributed by atoms with van der Waals surface area (Å²) in [6.45, 7) is 6.28. The average molecular weight is 156 g/mol. The van der Waals surface area contributed by atoms with Gasteiger partial charge in [-0.25, -0.2) is 0 Å². The van der Waals surface area contributed by atoms with E-state index >= 15 is 0 Å². The fraction of sp³-hybridized carbons (Fsp3) is 0.800. The van der Waals surface area contributed by atoms with Crippen molar-refractivity contribution in [2.24, 2.45) is 5.92 Å². The van der Waals surface area contributed by atoms with Gasteiger partial charge in [0.05, 0.1) is 6.10 Å². The second-order valence-electron chi connectivity index (χ2n) is 3.43. The summed E-state index contributed by atoms with van der Waals surface area (Å²) in [5.41, 5.74) is 0. The van der Waals surface area contributed by atoms with Crippen LogP contribution in [0.2, 0.25) is 0 Å².